The minimum absolute atomic E-state index is 0.312. The van der Waals surface area contributed by atoms with Crippen LogP contribution in [0, 0.1) is 5.92 Å². The number of fused-ring (bicyclic) bond motifs is 2. The molecule has 0 amide bonds. The second kappa shape index (κ2) is 3.41. The molecular formula is C10H15ClOSi. The van der Waals surface area contributed by atoms with Gasteiger partial charge in [0.05, 0.1) is 6.10 Å². The summed E-state index contributed by atoms with van der Waals surface area (Å²) in [4.78, 5) is 0. The third-order valence-electron chi connectivity index (χ3n) is 3.29. The molecule has 2 radical (unpaired) electrons. The van der Waals surface area contributed by atoms with Crippen LogP contribution in [0.4, 0.5) is 0 Å². The highest BCUT2D eigenvalue weighted by Crippen LogP contribution is 2.60. The summed E-state index contributed by atoms with van der Waals surface area (Å²) in [6, 6.07) is 0. The van der Waals surface area contributed by atoms with Gasteiger partial charge in [-0.25, -0.2) is 0 Å². The first-order valence-electron chi connectivity index (χ1n) is 4.90. The second-order valence-electron chi connectivity index (χ2n) is 3.91. The molecule has 72 valence electrons. The standard InChI is InChI=1S/C10H15ClOSi/c1-3-12-8-6-10(13-2)5-7(8)4-9(10)11/h4,7-8H,3,5-6H2,1-2H3. The van der Waals surface area contributed by atoms with Crippen molar-refractivity contribution in [2.45, 2.75) is 37.5 Å². The molecular weight excluding hydrogens is 200 g/mol. The normalized spacial score (nSPS) is 42.5. The molecule has 0 heterocycles. The number of ether oxygens (including phenoxy) is 1. The zero-order chi connectivity index (χ0) is 9.47. The molecule has 0 aliphatic heterocycles. The molecule has 1 fully saturated rings. The van der Waals surface area contributed by atoms with Gasteiger partial charge in [0.2, 0.25) is 0 Å². The van der Waals surface area contributed by atoms with Crippen molar-refractivity contribution in [3.05, 3.63) is 11.1 Å². The number of halogens is 1. The molecule has 3 atom stereocenters. The van der Waals surface area contributed by atoms with Gasteiger partial charge in [-0.2, -0.15) is 0 Å². The van der Waals surface area contributed by atoms with Crippen LogP contribution in [0.3, 0.4) is 0 Å². The van der Waals surface area contributed by atoms with Crippen LogP contribution < -0.4 is 0 Å². The van der Waals surface area contributed by atoms with Crippen molar-refractivity contribution in [3.63, 3.8) is 0 Å². The monoisotopic (exact) mass is 214 g/mol. The lowest BCUT2D eigenvalue weighted by Crippen LogP contribution is -2.22. The fourth-order valence-electron chi connectivity index (χ4n) is 2.54. The highest BCUT2D eigenvalue weighted by molar-refractivity contribution is 6.46. The number of rotatable bonds is 3. The molecule has 1 saturated carbocycles. The first-order valence-corrected chi connectivity index (χ1v) is 6.78. The van der Waals surface area contributed by atoms with E-state index < -0.39 is 0 Å². The number of hydrogen-bond acceptors (Lipinski definition) is 1. The minimum atomic E-state index is 0.312. The van der Waals surface area contributed by atoms with Crippen LogP contribution >= 0.6 is 11.6 Å². The molecule has 0 aromatic heterocycles. The maximum absolute atomic E-state index is 6.24. The van der Waals surface area contributed by atoms with Crippen molar-refractivity contribution >= 4 is 21.1 Å². The van der Waals surface area contributed by atoms with E-state index in [-0.39, 0.29) is 0 Å². The summed E-state index contributed by atoms with van der Waals surface area (Å²) in [7, 11) is 0.914. The van der Waals surface area contributed by atoms with Crippen LogP contribution in [0.5, 0.6) is 0 Å². The lowest BCUT2D eigenvalue weighted by molar-refractivity contribution is 0.0458. The molecule has 2 aliphatic carbocycles. The maximum Gasteiger partial charge on any atom is 0.0644 e. The zero-order valence-electron chi connectivity index (χ0n) is 8.14. The molecule has 0 saturated heterocycles. The first kappa shape index (κ1) is 9.75. The second-order valence-corrected chi connectivity index (χ2v) is 5.78. The quantitative estimate of drug-likeness (QED) is 0.657. The predicted molar refractivity (Wildman–Crippen MR) is 56.4 cm³/mol. The van der Waals surface area contributed by atoms with Crippen LogP contribution in [-0.4, -0.2) is 22.2 Å². The van der Waals surface area contributed by atoms with Gasteiger partial charge in [0.15, 0.2) is 0 Å². The molecule has 13 heavy (non-hydrogen) atoms. The first-order chi connectivity index (χ1) is 6.22. The number of allylic oxidation sites excluding steroid dienone is 1. The van der Waals surface area contributed by atoms with E-state index >= 15 is 0 Å². The van der Waals surface area contributed by atoms with Gasteiger partial charge in [-0.05, 0) is 24.8 Å². The molecule has 2 bridgehead atoms. The molecule has 0 N–H and O–H groups in total. The van der Waals surface area contributed by atoms with Crippen LogP contribution in [0.25, 0.3) is 0 Å². The van der Waals surface area contributed by atoms with E-state index in [4.69, 9.17) is 16.3 Å². The van der Waals surface area contributed by atoms with Gasteiger partial charge >= 0.3 is 0 Å². The number of hydrogen-bond donors (Lipinski definition) is 0. The fraction of sp³-hybridized carbons (Fsp3) is 0.800. The summed E-state index contributed by atoms with van der Waals surface area (Å²) in [6.07, 6.45) is 5.04. The van der Waals surface area contributed by atoms with Crippen molar-refractivity contribution in [1.82, 2.24) is 0 Å². The van der Waals surface area contributed by atoms with Crippen LogP contribution in [-0.2, 0) is 4.74 Å². The van der Waals surface area contributed by atoms with Gasteiger partial charge in [-0.1, -0.05) is 24.2 Å². The van der Waals surface area contributed by atoms with E-state index in [2.05, 4.69) is 19.5 Å². The molecule has 3 heteroatoms. The van der Waals surface area contributed by atoms with Gasteiger partial charge in [0.1, 0.15) is 0 Å². The van der Waals surface area contributed by atoms with Crippen molar-refractivity contribution < 1.29 is 4.74 Å². The molecule has 2 rings (SSSR count). The molecule has 0 spiro atoms. The van der Waals surface area contributed by atoms with Gasteiger partial charge < -0.3 is 4.74 Å². The zero-order valence-corrected chi connectivity index (χ0v) is 9.90. The summed E-state index contributed by atoms with van der Waals surface area (Å²) < 4.78 is 5.71. The third-order valence-corrected chi connectivity index (χ3v) is 5.57. The summed E-state index contributed by atoms with van der Waals surface area (Å²) >= 11 is 6.24. The highest BCUT2D eigenvalue weighted by atomic mass is 35.5. The predicted octanol–water partition coefficient (Wildman–Crippen LogP) is 2.85. The van der Waals surface area contributed by atoms with E-state index in [9.17, 15) is 0 Å². The molecule has 0 aromatic rings. The van der Waals surface area contributed by atoms with Gasteiger partial charge in [-0.15, -0.1) is 0 Å². The lowest BCUT2D eigenvalue weighted by Gasteiger charge is -2.27. The molecule has 0 aromatic carbocycles. The average Bonchev–Trinajstić information content (AvgIpc) is 2.60. The Labute approximate surface area is 87.3 Å². The van der Waals surface area contributed by atoms with Gasteiger partial charge in [0, 0.05) is 27.1 Å². The Kier molecular flexibility index (Phi) is 2.56. The molecule has 3 unspecified atom stereocenters. The Balaban J connectivity index is 2.14. The van der Waals surface area contributed by atoms with Crippen molar-refractivity contribution in [2.24, 2.45) is 5.92 Å². The summed E-state index contributed by atoms with van der Waals surface area (Å²) in [5, 5.41) is 1.42. The summed E-state index contributed by atoms with van der Waals surface area (Å²) in [5.41, 5.74) is 0. The van der Waals surface area contributed by atoms with E-state index in [1.165, 1.54) is 6.42 Å². The van der Waals surface area contributed by atoms with Crippen LogP contribution in [0.2, 0.25) is 11.6 Å². The summed E-state index contributed by atoms with van der Waals surface area (Å²) in [5.74, 6) is 0.597. The van der Waals surface area contributed by atoms with E-state index in [0.29, 0.717) is 17.1 Å². The molecule has 1 nitrogen and oxygen atoms in total. The largest absolute Gasteiger partial charge is 0.378 e. The Morgan fingerprint density at radius 3 is 3.00 bits per heavy atom. The van der Waals surface area contributed by atoms with Crippen LogP contribution in [0.1, 0.15) is 19.8 Å². The third kappa shape index (κ3) is 1.39. The fourth-order valence-corrected chi connectivity index (χ4v) is 4.31. The van der Waals surface area contributed by atoms with Crippen molar-refractivity contribution in [3.8, 4) is 0 Å². The van der Waals surface area contributed by atoms with E-state index in [0.717, 1.165) is 27.6 Å². The van der Waals surface area contributed by atoms with Gasteiger partial charge in [0.25, 0.3) is 0 Å². The Bertz CT molecular complexity index is 241. The smallest absolute Gasteiger partial charge is 0.0644 e. The Hall–Kier alpha value is 0.207. The average molecular weight is 215 g/mol. The van der Waals surface area contributed by atoms with E-state index in [1.54, 1.807) is 0 Å². The molecule has 2 aliphatic rings. The Morgan fingerprint density at radius 1 is 1.69 bits per heavy atom. The minimum Gasteiger partial charge on any atom is -0.378 e. The van der Waals surface area contributed by atoms with Crippen molar-refractivity contribution in [2.75, 3.05) is 6.61 Å². The summed E-state index contributed by atoms with van der Waals surface area (Å²) in [6.45, 7) is 5.15. The lowest BCUT2D eigenvalue weighted by atomic mass is 10.0. The van der Waals surface area contributed by atoms with E-state index in [1.807, 2.05) is 0 Å². The van der Waals surface area contributed by atoms with Crippen molar-refractivity contribution in [1.29, 1.82) is 0 Å². The van der Waals surface area contributed by atoms with Crippen LogP contribution in [0.15, 0.2) is 11.1 Å². The topological polar surface area (TPSA) is 9.23 Å². The van der Waals surface area contributed by atoms with Gasteiger partial charge in [-0.3, -0.25) is 0 Å². The maximum atomic E-state index is 6.24. The SMILES string of the molecule is CCOC1CC2([Si]C)CC1C=C2Cl. The highest BCUT2D eigenvalue weighted by Gasteiger charge is 2.50. The Morgan fingerprint density at radius 2 is 2.46 bits per heavy atom.